The van der Waals surface area contributed by atoms with Crippen molar-refractivity contribution in [3.8, 4) is 11.5 Å². The van der Waals surface area contributed by atoms with Crippen LogP contribution >= 0.6 is 0 Å². The van der Waals surface area contributed by atoms with Gasteiger partial charge in [-0.2, -0.15) is 0 Å². The molecule has 21 heavy (non-hydrogen) atoms. The third kappa shape index (κ3) is 3.89. The van der Waals surface area contributed by atoms with Gasteiger partial charge in [-0.25, -0.2) is 0 Å². The number of benzene rings is 2. The number of para-hydroxylation sites is 1. The molecule has 0 aliphatic heterocycles. The summed E-state index contributed by atoms with van der Waals surface area (Å²) in [7, 11) is 1.60. The molecule has 2 aromatic carbocycles. The molecule has 0 atom stereocenters. The maximum atomic E-state index is 11.5. The molecular weight excluding hydrogens is 268 g/mol. The fourth-order valence-corrected chi connectivity index (χ4v) is 2.00. The van der Waals surface area contributed by atoms with Gasteiger partial charge in [-0.1, -0.05) is 18.2 Å². The zero-order chi connectivity index (χ0) is 15.2. The zero-order valence-corrected chi connectivity index (χ0v) is 11.8. The quantitative estimate of drug-likeness (QED) is 0.677. The lowest BCUT2D eigenvalue weighted by molar-refractivity contribution is -0.119. The van der Waals surface area contributed by atoms with Crippen molar-refractivity contribution in [2.45, 2.75) is 13.0 Å². The summed E-state index contributed by atoms with van der Waals surface area (Å²) in [6.07, 6.45) is 0.293. The van der Waals surface area contributed by atoms with Gasteiger partial charge < -0.3 is 20.8 Å². The maximum Gasteiger partial charge on any atom is 0.224 e. The van der Waals surface area contributed by atoms with Gasteiger partial charge in [0.2, 0.25) is 5.91 Å². The Balaban J connectivity index is 2.11. The molecule has 0 aromatic heterocycles. The summed E-state index contributed by atoms with van der Waals surface area (Å²) in [5, 5.41) is 24.8. The van der Waals surface area contributed by atoms with Crippen molar-refractivity contribution >= 4 is 11.6 Å². The van der Waals surface area contributed by atoms with Crippen molar-refractivity contribution in [3.63, 3.8) is 0 Å². The first-order valence-corrected chi connectivity index (χ1v) is 6.63. The largest absolute Gasteiger partial charge is 0.508 e. The molecule has 0 aliphatic rings. The molecule has 5 heteroatoms. The molecule has 0 unspecified atom stereocenters. The van der Waals surface area contributed by atoms with Gasteiger partial charge in [-0.05, 0) is 23.8 Å². The minimum absolute atomic E-state index is 0.0243. The predicted octanol–water partition coefficient (Wildman–Crippen LogP) is 2.00. The number of amides is 1. The summed E-state index contributed by atoms with van der Waals surface area (Å²) in [6.45, 7) is 0.400. The first-order chi connectivity index (χ1) is 10.1. The van der Waals surface area contributed by atoms with Gasteiger partial charge in [-0.3, -0.25) is 4.79 Å². The van der Waals surface area contributed by atoms with Crippen LogP contribution in [0.15, 0.2) is 42.5 Å². The van der Waals surface area contributed by atoms with E-state index in [-0.39, 0.29) is 17.4 Å². The summed E-state index contributed by atoms with van der Waals surface area (Å²) < 4.78 is 0. The Morgan fingerprint density at radius 2 is 1.86 bits per heavy atom. The Bertz CT molecular complexity index is 641. The molecule has 0 saturated carbocycles. The van der Waals surface area contributed by atoms with E-state index in [0.717, 1.165) is 11.3 Å². The van der Waals surface area contributed by atoms with Crippen molar-refractivity contribution in [1.29, 1.82) is 0 Å². The molecular formula is C16H18N2O3. The lowest BCUT2D eigenvalue weighted by atomic mass is 10.1. The Labute approximate surface area is 123 Å². The second-order valence-electron chi connectivity index (χ2n) is 4.67. The van der Waals surface area contributed by atoms with Crippen molar-refractivity contribution < 1.29 is 15.0 Å². The molecule has 4 N–H and O–H groups in total. The third-order valence-electron chi connectivity index (χ3n) is 3.19. The number of hydrogen-bond donors (Lipinski definition) is 4. The van der Waals surface area contributed by atoms with Crippen LogP contribution in [0, 0.1) is 0 Å². The van der Waals surface area contributed by atoms with Crippen LogP contribution in [0.4, 0.5) is 5.69 Å². The van der Waals surface area contributed by atoms with Gasteiger partial charge >= 0.3 is 0 Å². The number of likely N-dealkylation sites (N-methyl/N-ethyl adjacent to an activating group) is 1. The molecule has 0 spiro atoms. The van der Waals surface area contributed by atoms with Gasteiger partial charge in [0.15, 0.2) is 0 Å². The number of carbonyl (C=O) groups is 1. The summed E-state index contributed by atoms with van der Waals surface area (Å²) in [5.74, 6) is -0.000667. The monoisotopic (exact) mass is 286 g/mol. The van der Waals surface area contributed by atoms with E-state index in [1.165, 1.54) is 12.1 Å². The van der Waals surface area contributed by atoms with E-state index in [4.69, 9.17) is 0 Å². The van der Waals surface area contributed by atoms with Gasteiger partial charge in [0, 0.05) is 30.9 Å². The van der Waals surface area contributed by atoms with Crippen LogP contribution < -0.4 is 10.6 Å². The molecule has 0 heterocycles. The summed E-state index contributed by atoms with van der Waals surface area (Å²) in [4.78, 5) is 11.5. The standard InChI is InChI=1S/C16H18N2O3/c1-17-16(21)8-11-4-2-3-5-14(11)18-10-12-6-7-13(19)9-15(12)20/h2-7,9,18-20H,8,10H2,1H3,(H,17,21). The van der Waals surface area contributed by atoms with E-state index in [0.29, 0.717) is 18.5 Å². The molecule has 1 amide bonds. The molecule has 110 valence electrons. The highest BCUT2D eigenvalue weighted by atomic mass is 16.3. The maximum absolute atomic E-state index is 11.5. The first-order valence-electron chi connectivity index (χ1n) is 6.63. The van der Waals surface area contributed by atoms with Crippen LogP contribution in [0.5, 0.6) is 11.5 Å². The summed E-state index contributed by atoms with van der Waals surface area (Å²) in [5.41, 5.74) is 2.39. The highest BCUT2D eigenvalue weighted by Gasteiger charge is 2.07. The van der Waals surface area contributed by atoms with Crippen LogP contribution in [0.1, 0.15) is 11.1 Å². The lowest BCUT2D eigenvalue weighted by Crippen LogP contribution is -2.20. The Hall–Kier alpha value is -2.69. The topological polar surface area (TPSA) is 81.6 Å². The van der Waals surface area contributed by atoms with Crippen LogP contribution in [0.25, 0.3) is 0 Å². The molecule has 0 bridgehead atoms. The van der Waals surface area contributed by atoms with Gasteiger partial charge in [0.05, 0.1) is 6.42 Å². The molecule has 2 rings (SSSR count). The van der Waals surface area contributed by atoms with Crippen molar-refractivity contribution in [1.82, 2.24) is 5.32 Å². The minimum atomic E-state index is -0.0586. The second kappa shape index (κ2) is 6.65. The SMILES string of the molecule is CNC(=O)Cc1ccccc1NCc1ccc(O)cc1O. The lowest BCUT2D eigenvalue weighted by Gasteiger charge is -2.12. The van der Waals surface area contributed by atoms with E-state index in [1.54, 1.807) is 13.1 Å². The Morgan fingerprint density at radius 3 is 2.57 bits per heavy atom. The zero-order valence-electron chi connectivity index (χ0n) is 11.8. The third-order valence-corrected chi connectivity index (χ3v) is 3.19. The highest BCUT2D eigenvalue weighted by molar-refractivity contribution is 5.80. The highest BCUT2D eigenvalue weighted by Crippen LogP contribution is 2.24. The summed E-state index contributed by atoms with van der Waals surface area (Å²) in [6, 6.07) is 12.0. The number of nitrogens with one attached hydrogen (secondary N) is 2. The van der Waals surface area contributed by atoms with E-state index in [2.05, 4.69) is 10.6 Å². The number of phenolic OH excluding ortho intramolecular Hbond substituents is 2. The number of rotatable bonds is 5. The smallest absolute Gasteiger partial charge is 0.224 e. The number of aromatic hydroxyl groups is 2. The van der Waals surface area contributed by atoms with E-state index in [9.17, 15) is 15.0 Å². The molecule has 0 saturated heterocycles. The fraction of sp³-hybridized carbons (Fsp3) is 0.188. The van der Waals surface area contributed by atoms with Crippen LogP contribution in [0.2, 0.25) is 0 Å². The number of phenols is 2. The van der Waals surface area contributed by atoms with Crippen LogP contribution in [0.3, 0.4) is 0 Å². The average Bonchev–Trinajstić information content (AvgIpc) is 2.47. The first kappa shape index (κ1) is 14.7. The average molecular weight is 286 g/mol. The molecule has 5 nitrogen and oxygen atoms in total. The predicted molar refractivity (Wildman–Crippen MR) is 81.3 cm³/mol. The fourth-order valence-electron chi connectivity index (χ4n) is 2.00. The number of anilines is 1. The number of carbonyl (C=O) groups excluding carboxylic acids is 1. The number of hydrogen-bond acceptors (Lipinski definition) is 4. The van der Waals surface area contributed by atoms with Crippen molar-refractivity contribution in [2.24, 2.45) is 0 Å². The van der Waals surface area contributed by atoms with Gasteiger partial charge in [0.1, 0.15) is 11.5 Å². The van der Waals surface area contributed by atoms with Gasteiger partial charge in [0.25, 0.3) is 0 Å². The van der Waals surface area contributed by atoms with E-state index >= 15 is 0 Å². The molecule has 0 fully saturated rings. The second-order valence-corrected chi connectivity index (χ2v) is 4.67. The van der Waals surface area contributed by atoms with E-state index in [1.807, 2.05) is 24.3 Å². The molecule has 0 radical (unpaired) electrons. The van der Waals surface area contributed by atoms with Crippen LogP contribution in [-0.2, 0) is 17.8 Å². The molecule has 2 aromatic rings. The van der Waals surface area contributed by atoms with Crippen molar-refractivity contribution in [3.05, 3.63) is 53.6 Å². The Kier molecular flexibility index (Phi) is 4.66. The minimum Gasteiger partial charge on any atom is -0.508 e. The van der Waals surface area contributed by atoms with Gasteiger partial charge in [-0.15, -0.1) is 0 Å². The molecule has 0 aliphatic carbocycles. The van der Waals surface area contributed by atoms with Crippen molar-refractivity contribution in [2.75, 3.05) is 12.4 Å². The summed E-state index contributed by atoms with van der Waals surface area (Å²) >= 11 is 0. The Morgan fingerprint density at radius 1 is 1.10 bits per heavy atom. The van der Waals surface area contributed by atoms with Crippen LogP contribution in [-0.4, -0.2) is 23.2 Å². The normalized spacial score (nSPS) is 10.1. The van der Waals surface area contributed by atoms with E-state index < -0.39 is 0 Å².